The van der Waals surface area contributed by atoms with E-state index in [2.05, 4.69) is 33.9 Å². The zero-order valence-corrected chi connectivity index (χ0v) is 20.8. The first-order valence-electron chi connectivity index (χ1n) is 11.3. The van der Waals surface area contributed by atoms with Crippen molar-refractivity contribution in [2.24, 2.45) is 5.92 Å². The third-order valence-electron chi connectivity index (χ3n) is 4.67. The standard InChI is InChI=1S/C25H33N5O5/c1-8-11-18(27-24(33)35-25(5,6)7)19-14-17(12-13-26-19)30-21(28-22(31)16(4)9-2)15-20(29-30)23(32)34-10-3/h8-9,12-16,18H,1-2,10-11H2,3-7H3,(H,27,33)(H,28,31). The van der Waals surface area contributed by atoms with Crippen LogP contribution >= 0.6 is 0 Å². The highest BCUT2D eigenvalue weighted by Crippen LogP contribution is 2.23. The van der Waals surface area contributed by atoms with Gasteiger partial charge in [-0.2, -0.15) is 5.10 Å². The smallest absolute Gasteiger partial charge is 0.408 e. The van der Waals surface area contributed by atoms with Crippen molar-refractivity contribution in [1.29, 1.82) is 0 Å². The highest BCUT2D eigenvalue weighted by molar-refractivity contribution is 5.95. The number of aromatic nitrogens is 3. The second kappa shape index (κ2) is 12.0. The van der Waals surface area contributed by atoms with Crippen molar-refractivity contribution in [3.63, 3.8) is 0 Å². The normalized spacial score (nSPS) is 12.7. The second-order valence-corrected chi connectivity index (χ2v) is 8.72. The molecule has 2 atom stereocenters. The van der Waals surface area contributed by atoms with Crippen molar-refractivity contribution in [1.82, 2.24) is 20.1 Å². The molecule has 2 N–H and O–H groups in total. The van der Waals surface area contributed by atoms with Gasteiger partial charge in [-0.1, -0.05) is 19.1 Å². The number of rotatable bonds is 10. The van der Waals surface area contributed by atoms with Gasteiger partial charge in [0.1, 0.15) is 11.4 Å². The maximum atomic E-state index is 12.5. The number of hydrogen-bond donors (Lipinski definition) is 2. The second-order valence-electron chi connectivity index (χ2n) is 8.72. The van der Waals surface area contributed by atoms with Crippen LogP contribution in [-0.4, -0.2) is 44.9 Å². The summed E-state index contributed by atoms with van der Waals surface area (Å²) in [6, 6.07) is 4.27. The number of pyridine rings is 1. The molecule has 0 aliphatic rings. The molecule has 2 aromatic heterocycles. The molecule has 0 aromatic carbocycles. The van der Waals surface area contributed by atoms with Gasteiger partial charge in [0.2, 0.25) is 5.91 Å². The molecule has 2 unspecified atom stereocenters. The lowest BCUT2D eigenvalue weighted by molar-refractivity contribution is -0.118. The van der Waals surface area contributed by atoms with Gasteiger partial charge in [-0.05, 0) is 46.2 Å². The average molecular weight is 484 g/mol. The van der Waals surface area contributed by atoms with Crippen molar-refractivity contribution in [3.8, 4) is 5.69 Å². The zero-order chi connectivity index (χ0) is 26.2. The lowest BCUT2D eigenvalue weighted by atomic mass is 10.1. The minimum absolute atomic E-state index is 0.0290. The van der Waals surface area contributed by atoms with E-state index in [1.54, 1.807) is 59.0 Å². The molecule has 0 fully saturated rings. The quantitative estimate of drug-likeness (QED) is 0.380. The molecule has 0 aliphatic heterocycles. The predicted molar refractivity (Wildman–Crippen MR) is 132 cm³/mol. The van der Waals surface area contributed by atoms with Crippen LogP contribution in [0.2, 0.25) is 0 Å². The minimum atomic E-state index is -0.660. The van der Waals surface area contributed by atoms with Gasteiger partial charge in [-0.15, -0.1) is 13.2 Å². The van der Waals surface area contributed by atoms with Crippen molar-refractivity contribution in [3.05, 3.63) is 61.1 Å². The Bertz CT molecular complexity index is 1090. The summed E-state index contributed by atoms with van der Waals surface area (Å²) >= 11 is 0. The third kappa shape index (κ3) is 7.80. The first kappa shape index (κ1) is 27.3. The summed E-state index contributed by atoms with van der Waals surface area (Å²) in [5, 5.41) is 9.90. The molecule has 10 nitrogen and oxygen atoms in total. The molecule has 0 aliphatic carbocycles. The number of amides is 2. The molecule has 2 amide bonds. The Morgan fingerprint density at radius 3 is 2.54 bits per heavy atom. The molecule has 10 heteroatoms. The Balaban J connectivity index is 2.46. The summed E-state index contributed by atoms with van der Waals surface area (Å²) in [6.07, 6.45) is 4.51. The average Bonchev–Trinajstić information content (AvgIpc) is 3.21. The fraction of sp³-hybridized carbons (Fsp3) is 0.400. The maximum Gasteiger partial charge on any atom is 0.408 e. The lowest BCUT2D eigenvalue weighted by Crippen LogP contribution is -2.35. The number of alkyl carbamates (subject to hydrolysis) is 1. The summed E-state index contributed by atoms with van der Waals surface area (Å²) in [4.78, 5) is 41.5. The van der Waals surface area contributed by atoms with Crippen molar-refractivity contribution >= 4 is 23.8 Å². The van der Waals surface area contributed by atoms with Crippen LogP contribution in [0.25, 0.3) is 5.69 Å². The van der Waals surface area contributed by atoms with E-state index in [-0.39, 0.29) is 24.0 Å². The fourth-order valence-corrected chi connectivity index (χ4v) is 2.95. The zero-order valence-electron chi connectivity index (χ0n) is 20.8. The molecule has 0 saturated carbocycles. The van der Waals surface area contributed by atoms with Crippen molar-refractivity contribution in [2.45, 2.75) is 52.7 Å². The number of ether oxygens (including phenoxy) is 2. The summed E-state index contributed by atoms with van der Waals surface area (Å²) in [7, 11) is 0. The Morgan fingerprint density at radius 1 is 1.23 bits per heavy atom. The Labute approximate surface area is 205 Å². The number of carbonyl (C=O) groups is 3. The van der Waals surface area contributed by atoms with E-state index in [1.807, 2.05) is 0 Å². The van der Waals surface area contributed by atoms with Gasteiger partial charge in [0.25, 0.3) is 0 Å². The molecule has 0 bridgehead atoms. The molecule has 2 rings (SSSR count). The van der Waals surface area contributed by atoms with E-state index in [0.717, 1.165) is 0 Å². The van der Waals surface area contributed by atoms with E-state index >= 15 is 0 Å². The molecule has 0 spiro atoms. The Morgan fingerprint density at radius 2 is 1.94 bits per heavy atom. The van der Waals surface area contributed by atoms with Gasteiger partial charge in [0, 0.05) is 12.3 Å². The number of hydrogen-bond acceptors (Lipinski definition) is 7. The van der Waals surface area contributed by atoms with Gasteiger partial charge in [0.15, 0.2) is 5.69 Å². The molecule has 2 heterocycles. The van der Waals surface area contributed by atoms with Gasteiger partial charge in [-0.3, -0.25) is 9.78 Å². The highest BCUT2D eigenvalue weighted by atomic mass is 16.6. The summed E-state index contributed by atoms with van der Waals surface area (Å²) in [5.41, 5.74) is 0.387. The number of esters is 1. The maximum absolute atomic E-state index is 12.5. The SMILES string of the molecule is C=CCC(NC(=O)OC(C)(C)C)c1cc(-n2nc(C(=O)OCC)cc2NC(=O)C(C)C=C)ccn1. The number of carbonyl (C=O) groups excluding carboxylic acids is 3. The monoisotopic (exact) mass is 483 g/mol. The molecule has 188 valence electrons. The minimum Gasteiger partial charge on any atom is -0.461 e. The van der Waals surface area contributed by atoms with Crippen LogP contribution in [0, 0.1) is 5.92 Å². The fourth-order valence-electron chi connectivity index (χ4n) is 2.95. The van der Waals surface area contributed by atoms with E-state index in [4.69, 9.17) is 9.47 Å². The van der Waals surface area contributed by atoms with Crippen LogP contribution in [-0.2, 0) is 14.3 Å². The molecule has 0 saturated heterocycles. The molecular weight excluding hydrogens is 450 g/mol. The number of nitrogens with zero attached hydrogens (tertiary/aromatic N) is 3. The summed E-state index contributed by atoms with van der Waals surface area (Å²) < 4.78 is 11.8. The lowest BCUT2D eigenvalue weighted by Gasteiger charge is -2.23. The van der Waals surface area contributed by atoms with Crippen LogP contribution in [0.1, 0.15) is 63.3 Å². The molecule has 2 aromatic rings. The topological polar surface area (TPSA) is 124 Å². The molecule has 35 heavy (non-hydrogen) atoms. The van der Waals surface area contributed by atoms with E-state index in [1.165, 1.54) is 16.8 Å². The van der Waals surface area contributed by atoms with Crippen molar-refractivity contribution < 1.29 is 23.9 Å². The Kier molecular flexibility index (Phi) is 9.33. The van der Waals surface area contributed by atoms with Crippen LogP contribution in [0.4, 0.5) is 10.6 Å². The third-order valence-corrected chi connectivity index (χ3v) is 4.67. The highest BCUT2D eigenvalue weighted by Gasteiger charge is 2.23. The number of anilines is 1. The van der Waals surface area contributed by atoms with Gasteiger partial charge in [0.05, 0.1) is 29.9 Å². The first-order valence-corrected chi connectivity index (χ1v) is 11.3. The predicted octanol–water partition coefficient (Wildman–Crippen LogP) is 4.35. The molecular formula is C25H33N5O5. The van der Waals surface area contributed by atoms with Gasteiger partial charge < -0.3 is 20.1 Å². The Hall–Kier alpha value is -3.95. The van der Waals surface area contributed by atoms with Crippen molar-refractivity contribution in [2.75, 3.05) is 11.9 Å². The van der Waals surface area contributed by atoms with Crippen LogP contribution in [0.5, 0.6) is 0 Å². The van der Waals surface area contributed by atoms with E-state index in [9.17, 15) is 14.4 Å². The van der Waals surface area contributed by atoms with Crippen LogP contribution < -0.4 is 10.6 Å². The largest absolute Gasteiger partial charge is 0.461 e. The number of nitrogens with one attached hydrogen (secondary N) is 2. The van der Waals surface area contributed by atoms with Crippen LogP contribution in [0.3, 0.4) is 0 Å². The first-order chi connectivity index (χ1) is 16.5. The van der Waals surface area contributed by atoms with Crippen LogP contribution in [0.15, 0.2) is 49.7 Å². The van der Waals surface area contributed by atoms with Gasteiger partial charge in [-0.25, -0.2) is 14.3 Å². The van der Waals surface area contributed by atoms with E-state index < -0.39 is 29.6 Å². The summed E-state index contributed by atoms with van der Waals surface area (Å²) in [6.45, 7) is 16.3. The summed E-state index contributed by atoms with van der Waals surface area (Å²) in [5.74, 6) is -1.14. The molecule has 0 radical (unpaired) electrons. The van der Waals surface area contributed by atoms with Gasteiger partial charge >= 0.3 is 12.1 Å². The van der Waals surface area contributed by atoms with E-state index in [0.29, 0.717) is 17.8 Å².